The molecule has 0 aromatic heterocycles. The SMILES string of the molecule is CCC1C(=O)NC(CC(C)C)C(=O)N1C1CCC(SC)C1. The standard InChI is InChI=1S/C16H28N2O2S/c1-5-14-15(19)17-13(8-10(2)3)16(20)18(14)11-6-7-12(9-11)21-4/h10-14H,5-9H2,1-4H3,(H,17,19). The van der Waals surface area contributed by atoms with Crippen LogP contribution in [-0.2, 0) is 9.59 Å². The number of hydrogen-bond acceptors (Lipinski definition) is 3. The van der Waals surface area contributed by atoms with Crippen LogP contribution < -0.4 is 5.32 Å². The molecule has 1 aliphatic carbocycles. The number of carbonyl (C=O) groups is 2. The number of nitrogens with one attached hydrogen (secondary N) is 1. The van der Waals surface area contributed by atoms with Crippen LogP contribution in [0, 0.1) is 5.92 Å². The molecule has 0 bridgehead atoms. The highest BCUT2D eigenvalue weighted by atomic mass is 32.2. The normalized spacial score (nSPS) is 33.7. The maximum absolute atomic E-state index is 12.9. The number of nitrogens with zero attached hydrogens (tertiary/aromatic N) is 1. The van der Waals surface area contributed by atoms with Crippen LogP contribution in [0.1, 0.15) is 52.9 Å². The number of hydrogen-bond donors (Lipinski definition) is 1. The smallest absolute Gasteiger partial charge is 0.246 e. The topological polar surface area (TPSA) is 49.4 Å². The Kier molecular flexibility index (Phi) is 5.58. The summed E-state index contributed by atoms with van der Waals surface area (Å²) >= 11 is 1.88. The van der Waals surface area contributed by atoms with Crippen LogP contribution in [0.5, 0.6) is 0 Å². The van der Waals surface area contributed by atoms with E-state index in [1.807, 2.05) is 23.6 Å². The van der Waals surface area contributed by atoms with E-state index in [4.69, 9.17) is 0 Å². The maximum Gasteiger partial charge on any atom is 0.246 e. The highest BCUT2D eigenvalue weighted by Crippen LogP contribution is 2.34. The van der Waals surface area contributed by atoms with Gasteiger partial charge in [-0.25, -0.2) is 0 Å². The third-order valence-corrected chi connectivity index (χ3v) is 5.78. The van der Waals surface area contributed by atoms with Crippen molar-refractivity contribution in [1.29, 1.82) is 0 Å². The molecule has 0 spiro atoms. The van der Waals surface area contributed by atoms with Crippen LogP contribution in [0.4, 0.5) is 0 Å². The van der Waals surface area contributed by atoms with Crippen LogP contribution in [0.15, 0.2) is 0 Å². The van der Waals surface area contributed by atoms with Crippen molar-refractivity contribution in [2.24, 2.45) is 5.92 Å². The largest absolute Gasteiger partial charge is 0.342 e. The van der Waals surface area contributed by atoms with Gasteiger partial charge in [-0.1, -0.05) is 20.8 Å². The first-order chi connectivity index (χ1) is 9.97. The summed E-state index contributed by atoms with van der Waals surface area (Å²) in [4.78, 5) is 27.2. The summed E-state index contributed by atoms with van der Waals surface area (Å²) in [7, 11) is 0. The molecule has 1 saturated heterocycles. The first kappa shape index (κ1) is 16.7. The lowest BCUT2D eigenvalue weighted by molar-refractivity contribution is -0.152. The van der Waals surface area contributed by atoms with E-state index in [9.17, 15) is 9.59 Å². The lowest BCUT2D eigenvalue weighted by Gasteiger charge is -2.42. The zero-order valence-electron chi connectivity index (χ0n) is 13.6. The molecule has 0 radical (unpaired) electrons. The van der Waals surface area contributed by atoms with Gasteiger partial charge < -0.3 is 10.2 Å². The third kappa shape index (κ3) is 3.55. The fraction of sp³-hybridized carbons (Fsp3) is 0.875. The summed E-state index contributed by atoms with van der Waals surface area (Å²) in [5.74, 6) is 0.582. The van der Waals surface area contributed by atoms with Gasteiger partial charge in [-0.3, -0.25) is 9.59 Å². The predicted molar refractivity (Wildman–Crippen MR) is 87.3 cm³/mol. The molecule has 2 aliphatic rings. The van der Waals surface area contributed by atoms with Crippen LogP contribution >= 0.6 is 11.8 Å². The number of rotatable bonds is 5. The Morgan fingerprint density at radius 1 is 1.33 bits per heavy atom. The van der Waals surface area contributed by atoms with E-state index in [-0.39, 0.29) is 29.9 Å². The van der Waals surface area contributed by atoms with E-state index < -0.39 is 0 Å². The Labute approximate surface area is 132 Å². The van der Waals surface area contributed by atoms with Crippen molar-refractivity contribution in [3.8, 4) is 0 Å². The van der Waals surface area contributed by atoms with Crippen LogP contribution in [0.2, 0.25) is 0 Å². The number of thioether (sulfide) groups is 1. The van der Waals surface area contributed by atoms with Crippen LogP contribution in [0.25, 0.3) is 0 Å². The fourth-order valence-corrected chi connectivity index (χ4v) is 4.41. The molecule has 21 heavy (non-hydrogen) atoms. The lowest BCUT2D eigenvalue weighted by Crippen LogP contribution is -2.65. The van der Waals surface area contributed by atoms with Gasteiger partial charge in [0.2, 0.25) is 11.8 Å². The molecule has 4 unspecified atom stereocenters. The zero-order valence-corrected chi connectivity index (χ0v) is 14.4. The molecule has 1 saturated carbocycles. The Morgan fingerprint density at radius 2 is 2.05 bits per heavy atom. The Hall–Kier alpha value is -0.710. The summed E-state index contributed by atoms with van der Waals surface area (Å²) in [5.41, 5.74) is 0. The predicted octanol–water partition coefficient (Wildman–Crippen LogP) is 2.42. The van der Waals surface area contributed by atoms with E-state index >= 15 is 0 Å². The maximum atomic E-state index is 12.9. The van der Waals surface area contributed by atoms with E-state index in [1.54, 1.807) is 0 Å². The minimum absolute atomic E-state index is 0.0374. The van der Waals surface area contributed by atoms with Gasteiger partial charge in [-0.2, -0.15) is 11.8 Å². The van der Waals surface area contributed by atoms with Gasteiger partial charge in [0.1, 0.15) is 12.1 Å². The average Bonchev–Trinajstić information content (AvgIpc) is 2.90. The van der Waals surface area contributed by atoms with Gasteiger partial charge in [-0.15, -0.1) is 0 Å². The van der Waals surface area contributed by atoms with E-state index in [1.165, 1.54) is 0 Å². The number of carbonyl (C=O) groups excluding carboxylic acids is 2. The molecule has 1 heterocycles. The van der Waals surface area contributed by atoms with Gasteiger partial charge in [0.15, 0.2) is 0 Å². The highest BCUT2D eigenvalue weighted by Gasteiger charge is 2.44. The summed E-state index contributed by atoms with van der Waals surface area (Å²) in [6.45, 7) is 6.18. The van der Waals surface area contributed by atoms with Gasteiger partial charge in [0.05, 0.1) is 0 Å². The molecule has 2 rings (SSSR count). The number of piperazine rings is 1. The van der Waals surface area contributed by atoms with Crippen molar-refractivity contribution in [2.45, 2.75) is 76.3 Å². The van der Waals surface area contributed by atoms with Crippen LogP contribution in [-0.4, -0.2) is 46.3 Å². The van der Waals surface area contributed by atoms with E-state index in [0.29, 0.717) is 17.6 Å². The van der Waals surface area contributed by atoms with Crippen LogP contribution in [0.3, 0.4) is 0 Å². The first-order valence-electron chi connectivity index (χ1n) is 8.13. The average molecular weight is 312 g/mol. The Balaban J connectivity index is 2.17. The monoisotopic (exact) mass is 312 g/mol. The molecule has 4 nitrogen and oxygen atoms in total. The molecule has 2 fully saturated rings. The Morgan fingerprint density at radius 3 is 2.57 bits per heavy atom. The molecule has 1 aliphatic heterocycles. The van der Waals surface area contributed by atoms with Crippen molar-refractivity contribution in [2.75, 3.05) is 6.26 Å². The quantitative estimate of drug-likeness (QED) is 0.848. The highest BCUT2D eigenvalue weighted by molar-refractivity contribution is 7.99. The second-order valence-electron chi connectivity index (χ2n) is 6.68. The van der Waals surface area contributed by atoms with Gasteiger partial charge in [0, 0.05) is 11.3 Å². The van der Waals surface area contributed by atoms with Crippen molar-refractivity contribution in [1.82, 2.24) is 10.2 Å². The second-order valence-corrected chi connectivity index (χ2v) is 7.82. The van der Waals surface area contributed by atoms with Gasteiger partial charge in [-0.05, 0) is 44.3 Å². The first-order valence-corrected chi connectivity index (χ1v) is 9.42. The van der Waals surface area contributed by atoms with E-state index in [0.717, 1.165) is 25.7 Å². The molecule has 120 valence electrons. The molecular weight excluding hydrogens is 284 g/mol. The van der Waals surface area contributed by atoms with E-state index in [2.05, 4.69) is 25.4 Å². The minimum Gasteiger partial charge on any atom is -0.342 e. The molecule has 0 aromatic rings. The van der Waals surface area contributed by atoms with Crippen molar-refractivity contribution >= 4 is 23.6 Å². The molecular formula is C16H28N2O2S. The second kappa shape index (κ2) is 7.03. The molecule has 4 atom stereocenters. The number of amides is 2. The molecule has 0 aromatic carbocycles. The Bertz CT molecular complexity index is 400. The summed E-state index contributed by atoms with van der Waals surface area (Å²) in [6.07, 6.45) is 6.79. The summed E-state index contributed by atoms with van der Waals surface area (Å²) in [6, 6.07) is -0.347. The van der Waals surface area contributed by atoms with Crippen molar-refractivity contribution in [3.63, 3.8) is 0 Å². The summed E-state index contributed by atoms with van der Waals surface area (Å²) < 4.78 is 0. The summed E-state index contributed by atoms with van der Waals surface area (Å²) in [5, 5.41) is 3.57. The third-order valence-electron chi connectivity index (χ3n) is 4.68. The van der Waals surface area contributed by atoms with Gasteiger partial charge >= 0.3 is 0 Å². The molecule has 2 amide bonds. The minimum atomic E-state index is -0.325. The fourth-order valence-electron chi connectivity index (χ4n) is 3.62. The molecule has 1 N–H and O–H groups in total. The van der Waals surface area contributed by atoms with Crippen molar-refractivity contribution in [3.05, 3.63) is 0 Å². The van der Waals surface area contributed by atoms with Crippen molar-refractivity contribution < 1.29 is 9.59 Å². The lowest BCUT2D eigenvalue weighted by atomic mass is 9.95. The zero-order chi connectivity index (χ0) is 15.6. The molecule has 5 heteroatoms. The van der Waals surface area contributed by atoms with Gasteiger partial charge in [0.25, 0.3) is 0 Å².